The first-order valence-electron chi connectivity index (χ1n) is 20.8. The molecular weight excluding hydrogens is 804 g/mol. The summed E-state index contributed by atoms with van der Waals surface area (Å²) >= 11 is 0.0891. The number of pyridine rings is 2. The fourth-order valence-electron chi connectivity index (χ4n) is 10.2. The number of hydrogen-bond acceptors (Lipinski definition) is 2. The maximum atomic E-state index is 4.74. The van der Waals surface area contributed by atoms with E-state index in [0.717, 1.165) is 21.8 Å². The van der Waals surface area contributed by atoms with Crippen LogP contribution in [0, 0.1) is 0 Å². The van der Waals surface area contributed by atoms with Crippen molar-refractivity contribution in [1.29, 1.82) is 0 Å². The van der Waals surface area contributed by atoms with Crippen LogP contribution in [0.25, 0.3) is 129 Å². The predicted octanol–water partition coefficient (Wildman–Crippen LogP) is 15.4. The van der Waals surface area contributed by atoms with Crippen molar-refractivity contribution in [3.05, 3.63) is 207 Å². The summed E-state index contributed by atoms with van der Waals surface area (Å²) in [6, 6.07) is 71.8. The van der Waals surface area contributed by atoms with Crippen LogP contribution in [-0.2, 0) is 0 Å². The van der Waals surface area contributed by atoms with Gasteiger partial charge in [-0.1, -0.05) is 0 Å². The van der Waals surface area contributed by atoms with Gasteiger partial charge in [-0.15, -0.1) is 0 Å². The summed E-state index contributed by atoms with van der Waals surface area (Å²) in [6.45, 7) is 0. The van der Waals surface area contributed by atoms with Crippen molar-refractivity contribution >= 4 is 98.7 Å². The van der Waals surface area contributed by atoms with E-state index in [1.54, 1.807) is 0 Å². The van der Waals surface area contributed by atoms with Crippen LogP contribution >= 0.6 is 0 Å². The van der Waals surface area contributed by atoms with Gasteiger partial charge < -0.3 is 0 Å². The van der Waals surface area contributed by atoms with Gasteiger partial charge in [0, 0.05) is 0 Å². The van der Waals surface area contributed by atoms with Crippen LogP contribution in [0.1, 0.15) is 0 Å². The summed E-state index contributed by atoms with van der Waals surface area (Å²) in [4.78, 5) is 9.48. The normalized spacial score (nSPS) is 11.9. The van der Waals surface area contributed by atoms with Gasteiger partial charge in [-0.25, -0.2) is 0 Å². The van der Waals surface area contributed by atoms with E-state index >= 15 is 0 Å². The van der Waals surface area contributed by atoms with E-state index in [1.807, 2.05) is 24.5 Å². The van der Waals surface area contributed by atoms with Gasteiger partial charge >= 0.3 is 354 Å². The molecule has 3 heterocycles. The molecule has 0 saturated carbocycles. The molecule has 0 amide bonds. The molecule has 0 saturated heterocycles. The number of hydrogen-bond donors (Lipinski definition) is 0. The molecule has 13 rings (SSSR count). The second-order valence-corrected chi connectivity index (χ2v) is 18.2. The number of benzene rings is 10. The van der Waals surface area contributed by atoms with Gasteiger partial charge in [-0.2, -0.15) is 0 Å². The van der Waals surface area contributed by atoms with Crippen LogP contribution in [0.3, 0.4) is 0 Å². The third-order valence-electron chi connectivity index (χ3n) is 12.7. The summed E-state index contributed by atoms with van der Waals surface area (Å²) in [5.74, 6) is 0. The van der Waals surface area contributed by atoms with E-state index in [9.17, 15) is 0 Å². The Morgan fingerprint density at radius 2 is 0.721 bits per heavy atom. The zero-order valence-corrected chi connectivity index (χ0v) is 34.6. The zero-order valence-electron chi connectivity index (χ0n) is 32.9. The number of rotatable bonds is 4. The Labute approximate surface area is 357 Å². The molecule has 3 heteroatoms. The third kappa shape index (κ3) is 5.22. The zero-order chi connectivity index (χ0) is 40.0. The first kappa shape index (κ1) is 34.4. The molecule has 13 aromatic rings. The molecule has 0 unspecified atom stereocenters. The van der Waals surface area contributed by atoms with Crippen molar-refractivity contribution in [2.75, 3.05) is 0 Å². The molecule has 282 valence electrons. The number of fused-ring (bicyclic) bond motifs is 9. The average molecular weight is 838 g/mol. The van der Waals surface area contributed by atoms with Crippen molar-refractivity contribution in [3.63, 3.8) is 0 Å². The topological polar surface area (TPSA) is 25.8 Å². The van der Waals surface area contributed by atoms with Crippen LogP contribution in [0.15, 0.2) is 207 Å². The minimum absolute atomic E-state index is 0.0891. The molecule has 0 aliphatic rings. The number of aromatic nitrogens is 2. The molecule has 0 spiro atoms. The van der Waals surface area contributed by atoms with E-state index in [2.05, 4.69) is 182 Å². The Morgan fingerprint density at radius 3 is 1.21 bits per heavy atom. The molecule has 0 atom stereocenters. The molecular formula is C58H34N2Se. The van der Waals surface area contributed by atoms with Crippen molar-refractivity contribution in [1.82, 2.24) is 9.97 Å². The fraction of sp³-hybridized carbons (Fsp3) is 0. The van der Waals surface area contributed by atoms with Crippen LogP contribution in [0.4, 0.5) is 0 Å². The molecule has 0 bridgehead atoms. The molecule has 2 nitrogen and oxygen atoms in total. The van der Waals surface area contributed by atoms with Crippen molar-refractivity contribution in [2.24, 2.45) is 0 Å². The quantitative estimate of drug-likeness (QED) is 0.130. The van der Waals surface area contributed by atoms with E-state index in [4.69, 9.17) is 9.97 Å². The summed E-state index contributed by atoms with van der Waals surface area (Å²) in [6.07, 6.45) is 3.77. The molecule has 3 aromatic heterocycles. The first-order chi connectivity index (χ1) is 30.3. The molecule has 0 N–H and O–H groups in total. The maximum absolute atomic E-state index is 4.74. The molecule has 0 fully saturated rings. The van der Waals surface area contributed by atoms with E-state index in [1.165, 1.54) is 107 Å². The third-order valence-corrected chi connectivity index (χ3v) is 15.2. The van der Waals surface area contributed by atoms with Gasteiger partial charge in [-0.05, 0) is 6.07 Å². The summed E-state index contributed by atoms with van der Waals surface area (Å²) in [5, 5.41) is 15.1. The molecule has 0 aliphatic heterocycles. The summed E-state index contributed by atoms with van der Waals surface area (Å²) in [5.41, 5.74) is 12.1. The van der Waals surface area contributed by atoms with Crippen molar-refractivity contribution < 1.29 is 0 Å². The molecule has 61 heavy (non-hydrogen) atoms. The second-order valence-electron chi connectivity index (χ2n) is 16.0. The molecule has 10 aromatic carbocycles. The van der Waals surface area contributed by atoms with E-state index in [-0.39, 0.29) is 14.5 Å². The first-order valence-corrected chi connectivity index (χ1v) is 22.5. The van der Waals surface area contributed by atoms with Gasteiger partial charge in [-0.3, -0.25) is 0 Å². The van der Waals surface area contributed by atoms with Crippen LogP contribution < -0.4 is 0 Å². The Bertz CT molecular complexity index is 3840. The Kier molecular flexibility index (Phi) is 7.65. The Hall–Kier alpha value is -7.42. The second kappa shape index (κ2) is 13.6. The number of nitrogens with zero attached hydrogens (tertiary/aromatic N) is 2. The van der Waals surface area contributed by atoms with E-state index < -0.39 is 0 Å². The van der Waals surface area contributed by atoms with E-state index in [0.29, 0.717) is 0 Å². The van der Waals surface area contributed by atoms with Crippen LogP contribution in [0.2, 0.25) is 0 Å². The molecule has 0 radical (unpaired) electrons. The molecule has 0 aliphatic carbocycles. The fourth-order valence-corrected chi connectivity index (χ4v) is 12.8. The van der Waals surface area contributed by atoms with Gasteiger partial charge in [0.25, 0.3) is 0 Å². The minimum atomic E-state index is 0.0891. The van der Waals surface area contributed by atoms with Crippen molar-refractivity contribution in [2.45, 2.75) is 0 Å². The van der Waals surface area contributed by atoms with Gasteiger partial charge in [0.05, 0.1) is 0 Å². The summed E-state index contributed by atoms with van der Waals surface area (Å²) in [7, 11) is 0. The SMILES string of the molecule is c1cnc2cc(-c3c4ccccc4c(-c4cccc5c4[se]c4cccc(-c6c7ccccc7c(-c7ccc8cccnc8c7)c7ccccc67)c45)c4ccccc34)ccc2c1. The van der Waals surface area contributed by atoms with Crippen LogP contribution in [-0.4, -0.2) is 24.5 Å². The predicted molar refractivity (Wildman–Crippen MR) is 261 cm³/mol. The van der Waals surface area contributed by atoms with Crippen LogP contribution in [0.5, 0.6) is 0 Å². The van der Waals surface area contributed by atoms with Gasteiger partial charge in [0.2, 0.25) is 0 Å². The van der Waals surface area contributed by atoms with Gasteiger partial charge in [0.1, 0.15) is 0 Å². The Balaban J connectivity index is 1.08. The standard InChI is InChI=1S/C58H34N2Se/c1-5-19-43-39(15-1)53(37-29-27-35-13-11-31-59-50(35)33-37)40-16-2-6-20-44(40)55(43)47-23-10-26-52-57(47)49-25-9-24-48(58(49)61-52)56-45-21-7-3-17-41(45)54(42-18-4-8-22-46(42)56)38-30-28-36-14-12-32-60-51(36)34-38/h1-34H. The Morgan fingerprint density at radius 1 is 0.311 bits per heavy atom. The summed E-state index contributed by atoms with van der Waals surface area (Å²) < 4.78 is 2.88. The van der Waals surface area contributed by atoms with Gasteiger partial charge in [0.15, 0.2) is 0 Å². The average Bonchev–Trinajstić information content (AvgIpc) is 3.72. The monoisotopic (exact) mass is 838 g/mol. The van der Waals surface area contributed by atoms with Crippen molar-refractivity contribution in [3.8, 4) is 44.5 Å².